The summed E-state index contributed by atoms with van der Waals surface area (Å²) in [5.74, 6) is -1.75. The van der Waals surface area contributed by atoms with Crippen LogP contribution in [0.4, 0.5) is 9.18 Å². The summed E-state index contributed by atoms with van der Waals surface area (Å²) in [4.78, 5) is 35.8. The maximum Gasteiger partial charge on any atom is 0.416 e. The van der Waals surface area contributed by atoms with E-state index in [2.05, 4.69) is 47.0 Å². The van der Waals surface area contributed by atoms with Crippen molar-refractivity contribution < 1.29 is 23.5 Å². The highest BCUT2D eigenvalue weighted by molar-refractivity contribution is 5.95. The van der Waals surface area contributed by atoms with Gasteiger partial charge in [-0.15, -0.1) is 5.10 Å². The minimum atomic E-state index is -0.834. The average Bonchev–Trinajstić information content (AvgIpc) is 3.67. The first-order chi connectivity index (χ1) is 24.5. The molecule has 264 valence electrons. The van der Waals surface area contributed by atoms with Crippen molar-refractivity contribution in [1.82, 2.24) is 29.8 Å². The van der Waals surface area contributed by atoms with Gasteiger partial charge in [-0.1, -0.05) is 66.7 Å². The zero-order valence-electron chi connectivity index (χ0n) is 29.7. The van der Waals surface area contributed by atoms with Crippen LogP contribution in [0.25, 0.3) is 11.0 Å². The second kappa shape index (κ2) is 13.9. The van der Waals surface area contributed by atoms with Gasteiger partial charge >= 0.3 is 6.09 Å². The maximum atomic E-state index is 16.7. The van der Waals surface area contributed by atoms with Crippen molar-refractivity contribution in [1.29, 1.82) is 0 Å². The molecular formula is C40H43FN6O4. The van der Waals surface area contributed by atoms with Crippen LogP contribution in [0, 0.1) is 18.7 Å². The summed E-state index contributed by atoms with van der Waals surface area (Å²) in [7, 11) is 0. The molecule has 2 aliphatic rings. The molecule has 1 saturated heterocycles. The average molecular weight is 691 g/mol. The number of aromatic nitrogens is 4. The summed E-state index contributed by atoms with van der Waals surface area (Å²) in [5, 5.41) is 8.32. The number of imide groups is 1. The molecular weight excluding hydrogens is 647 g/mol. The number of benzene rings is 3. The molecule has 2 aliphatic heterocycles. The predicted octanol–water partition coefficient (Wildman–Crippen LogP) is 6.83. The van der Waals surface area contributed by atoms with Gasteiger partial charge in [-0.05, 0) is 80.1 Å². The topological polar surface area (TPSA) is 103 Å². The molecule has 0 N–H and O–H groups in total. The van der Waals surface area contributed by atoms with Gasteiger partial charge in [0.15, 0.2) is 5.82 Å². The third-order valence-electron chi connectivity index (χ3n) is 10.0. The number of aryl methyl sites for hydroxylation is 2. The Morgan fingerprint density at radius 1 is 1.08 bits per heavy atom. The first-order valence-corrected chi connectivity index (χ1v) is 17.5. The zero-order chi connectivity index (χ0) is 35.9. The number of rotatable bonds is 9. The van der Waals surface area contributed by atoms with Gasteiger partial charge in [0.1, 0.15) is 23.5 Å². The number of halogens is 1. The quantitative estimate of drug-likeness (QED) is 0.166. The van der Waals surface area contributed by atoms with Crippen molar-refractivity contribution in [3.05, 3.63) is 118 Å². The third kappa shape index (κ3) is 6.82. The number of fused-ring (bicyclic) bond motifs is 2. The summed E-state index contributed by atoms with van der Waals surface area (Å²) in [6, 6.07) is 22.6. The molecule has 1 unspecified atom stereocenters. The van der Waals surface area contributed by atoms with Crippen LogP contribution in [-0.2, 0) is 35.6 Å². The van der Waals surface area contributed by atoms with E-state index in [4.69, 9.17) is 9.47 Å². The molecule has 4 heterocycles. The van der Waals surface area contributed by atoms with E-state index in [-0.39, 0.29) is 12.1 Å². The van der Waals surface area contributed by atoms with E-state index in [0.717, 1.165) is 33.7 Å². The number of amides is 2. The number of carbonyl (C=O) groups excluding carboxylic acids is 2. The second-order valence-corrected chi connectivity index (χ2v) is 14.3. The van der Waals surface area contributed by atoms with Gasteiger partial charge in [0.05, 0.1) is 17.3 Å². The van der Waals surface area contributed by atoms with Gasteiger partial charge in [0.2, 0.25) is 5.91 Å². The van der Waals surface area contributed by atoms with Crippen LogP contribution in [0.3, 0.4) is 0 Å². The van der Waals surface area contributed by atoms with Crippen molar-refractivity contribution in [3.8, 4) is 5.75 Å². The molecule has 0 aliphatic carbocycles. The van der Waals surface area contributed by atoms with Crippen LogP contribution in [0.1, 0.15) is 67.1 Å². The van der Waals surface area contributed by atoms with Crippen molar-refractivity contribution in [2.75, 3.05) is 13.2 Å². The molecule has 5 aromatic rings. The number of cyclic esters (lactones) is 1. The largest absolute Gasteiger partial charge is 0.485 e. The molecule has 2 aromatic heterocycles. The zero-order valence-corrected chi connectivity index (χ0v) is 29.7. The SMILES string of the molecule is CCn1nnc2c(F)c([C@H](c3ccc(C)c(CN4Cc5ncccc5OC(C)(C)C4)c3)[C@@H](C)C(=O)N3C(=O)OCC3Cc3ccccc3)ccc21. The fraction of sp³-hybridized carbons (Fsp3) is 0.375. The number of hydrogen-bond donors (Lipinski definition) is 0. The van der Waals surface area contributed by atoms with Crippen LogP contribution in [0.5, 0.6) is 5.75 Å². The lowest BCUT2D eigenvalue weighted by Gasteiger charge is -2.31. The molecule has 0 spiro atoms. The van der Waals surface area contributed by atoms with Crippen LogP contribution >= 0.6 is 0 Å². The Balaban J connectivity index is 1.27. The lowest BCUT2D eigenvalue weighted by atomic mass is 9.79. The fourth-order valence-corrected chi connectivity index (χ4v) is 7.54. The van der Waals surface area contributed by atoms with E-state index in [1.165, 1.54) is 4.90 Å². The Labute approximate surface area is 297 Å². The standard InChI is InChI=1S/C40H43FN6O4/c1-6-46-33-17-16-31(36(41)37(33)43-44-46)35(26(3)38(48)47-30(23-50-39(47)49)19-27-11-8-7-9-12-27)28-15-14-25(2)29(20-28)21-45-22-32-34(13-10-18-42-32)51-40(4,5)24-45/h7-18,20,26,30,35H,6,19,21-24H2,1-5H3/t26-,30?,35+/m1/s1. The van der Waals surface area contributed by atoms with Gasteiger partial charge < -0.3 is 9.47 Å². The monoisotopic (exact) mass is 690 g/mol. The van der Waals surface area contributed by atoms with E-state index < -0.39 is 41.3 Å². The van der Waals surface area contributed by atoms with E-state index >= 15 is 4.39 Å². The minimum absolute atomic E-state index is 0.0971. The highest BCUT2D eigenvalue weighted by atomic mass is 19.1. The first-order valence-electron chi connectivity index (χ1n) is 17.5. The second-order valence-electron chi connectivity index (χ2n) is 14.3. The van der Waals surface area contributed by atoms with Gasteiger partial charge in [-0.2, -0.15) is 0 Å². The molecule has 3 aromatic carbocycles. The van der Waals surface area contributed by atoms with Gasteiger partial charge in [0, 0.05) is 44.2 Å². The summed E-state index contributed by atoms with van der Waals surface area (Å²) in [6.07, 6.45) is 1.55. The number of carbonyl (C=O) groups is 2. The number of nitrogens with zero attached hydrogens (tertiary/aromatic N) is 6. The molecule has 51 heavy (non-hydrogen) atoms. The summed E-state index contributed by atoms with van der Waals surface area (Å²) in [5.41, 5.74) is 5.29. The number of ether oxygens (including phenoxy) is 2. The molecule has 2 amide bonds. The Hall–Kier alpha value is -5.16. The van der Waals surface area contributed by atoms with Crippen molar-refractivity contribution in [3.63, 3.8) is 0 Å². The first kappa shape index (κ1) is 34.3. The van der Waals surface area contributed by atoms with E-state index in [9.17, 15) is 9.59 Å². The summed E-state index contributed by atoms with van der Waals surface area (Å²) < 4.78 is 30.1. The fourth-order valence-electron chi connectivity index (χ4n) is 7.54. The molecule has 3 atom stereocenters. The Morgan fingerprint density at radius 3 is 2.67 bits per heavy atom. The minimum Gasteiger partial charge on any atom is -0.485 e. The molecule has 0 bridgehead atoms. The lowest BCUT2D eigenvalue weighted by molar-refractivity contribution is -0.133. The van der Waals surface area contributed by atoms with Crippen LogP contribution in [0.2, 0.25) is 0 Å². The van der Waals surface area contributed by atoms with E-state index in [0.29, 0.717) is 43.7 Å². The van der Waals surface area contributed by atoms with Crippen LogP contribution in [-0.4, -0.2) is 66.6 Å². The molecule has 0 radical (unpaired) electrons. The third-order valence-corrected chi connectivity index (χ3v) is 10.0. The smallest absolute Gasteiger partial charge is 0.416 e. The number of hydrogen-bond acceptors (Lipinski definition) is 8. The Morgan fingerprint density at radius 2 is 1.88 bits per heavy atom. The van der Waals surface area contributed by atoms with Gasteiger partial charge in [-0.3, -0.25) is 14.7 Å². The molecule has 11 heteroatoms. The van der Waals surface area contributed by atoms with Crippen LogP contribution in [0.15, 0.2) is 79.0 Å². The summed E-state index contributed by atoms with van der Waals surface area (Å²) in [6.45, 7) is 12.3. The highest BCUT2D eigenvalue weighted by Crippen LogP contribution is 2.39. The molecule has 7 rings (SSSR count). The van der Waals surface area contributed by atoms with E-state index in [1.807, 2.05) is 67.6 Å². The van der Waals surface area contributed by atoms with Crippen molar-refractivity contribution in [2.45, 2.75) is 78.2 Å². The van der Waals surface area contributed by atoms with E-state index in [1.54, 1.807) is 23.9 Å². The molecule has 1 fully saturated rings. The van der Waals surface area contributed by atoms with Crippen molar-refractivity contribution in [2.24, 2.45) is 5.92 Å². The molecule has 10 nitrogen and oxygen atoms in total. The van der Waals surface area contributed by atoms with Gasteiger partial charge in [0.25, 0.3) is 0 Å². The normalized spacial score (nSPS) is 18.5. The number of pyridine rings is 1. The lowest BCUT2D eigenvalue weighted by Crippen LogP contribution is -2.44. The highest BCUT2D eigenvalue weighted by Gasteiger charge is 2.43. The van der Waals surface area contributed by atoms with Crippen LogP contribution < -0.4 is 4.74 Å². The van der Waals surface area contributed by atoms with Gasteiger partial charge in [-0.25, -0.2) is 18.8 Å². The van der Waals surface area contributed by atoms with Crippen molar-refractivity contribution >= 4 is 23.0 Å². The molecule has 0 saturated carbocycles. The predicted molar refractivity (Wildman–Crippen MR) is 191 cm³/mol. The Kier molecular flexibility index (Phi) is 9.32. The summed E-state index contributed by atoms with van der Waals surface area (Å²) >= 11 is 0. The Bertz CT molecular complexity index is 2080. The maximum absolute atomic E-state index is 16.7.